The number of benzene rings is 1. The number of rotatable bonds is 3. The van der Waals surface area contributed by atoms with E-state index in [0.717, 1.165) is 12.1 Å². The van der Waals surface area contributed by atoms with Gasteiger partial charge in [-0.05, 0) is 24.5 Å². The number of amides is 1. The summed E-state index contributed by atoms with van der Waals surface area (Å²) in [5, 5.41) is 2.24. The molecule has 0 spiro atoms. The summed E-state index contributed by atoms with van der Waals surface area (Å²) >= 11 is 1.27. The summed E-state index contributed by atoms with van der Waals surface area (Å²) in [4.78, 5) is 10.8. The molecule has 0 bridgehead atoms. The first-order chi connectivity index (χ1) is 6.99. The van der Waals surface area contributed by atoms with Crippen LogP contribution in [0.2, 0.25) is 0 Å². The van der Waals surface area contributed by atoms with Crippen molar-refractivity contribution in [3.05, 3.63) is 23.8 Å². The second kappa shape index (κ2) is 4.57. The van der Waals surface area contributed by atoms with E-state index >= 15 is 0 Å². The Morgan fingerprint density at radius 1 is 1.40 bits per heavy atom. The minimum Gasteiger partial charge on any atom is -0.328 e. The van der Waals surface area contributed by atoms with Crippen LogP contribution in [0.4, 0.5) is 18.9 Å². The summed E-state index contributed by atoms with van der Waals surface area (Å²) in [7, 11) is 0. The predicted molar refractivity (Wildman–Crippen MR) is 52.9 cm³/mol. The number of hydrogen-bond donors (Lipinski definition) is 1. The Labute approximate surface area is 88.9 Å². The van der Waals surface area contributed by atoms with Crippen molar-refractivity contribution in [2.45, 2.75) is 11.1 Å². The first-order valence-corrected chi connectivity index (χ1v) is 5.17. The second-order valence-corrected chi connectivity index (χ2v) is 3.52. The van der Waals surface area contributed by atoms with Crippen molar-refractivity contribution >= 4 is 23.9 Å². The fourth-order valence-electron chi connectivity index (χ4n) is 1.06. The monoisotopic (exact) mass is 235 g/mol. The van der Waals surface area contributed by atoms with Gasteiger partial charge in [0.15, 0.2) is 0 Å². The number of nitrogens with one attached hydrogen (secondary N) is 1. The molecule has 0 radical (unpaired) electrons. The number of thioether (sulfide) groups is 1. The minimum absolute atomic E-state index is 0.173. The van der Waals surface area contributed by atoms with E-state index in [1.54, 1.807) is 6.26 Å². The highest BCUT2D eigenvalue weighted by Crippen LogP contribution is 2.34. The van der Waals surface area contributed by atoms with E-state index in [1.807, 2.05) is 0 Å². The maximum absolute atomic E-state index is 12.3. The van der Waals surface area contributed by atoms with Crippen LogP contribution in [0, 0.1) is 0 Å². The Kier molecular flexibility index (Phi) is 3.62. The molecular formula is C9H8F3NOS. The van der Waals surface area contributed by atoms with E-state index in [4.69, 9.17) is 0 Å². The molecule has 0 aromatic heterocycles. The maximum atomic E-state index is 12.3. The lowest BCUT2D eigenvalue weighted by Crippen LogP contribution is -2.06. The molecule has 1 N–H and O–H groups in total. The summed E-state index contributed by atoms with van der Waals surface area (Å²) in [5.74, 6) is 0. The average molecular weight is 235 g/mol. The third kappa shape index (κ3) is 2.89. The average Bonchev–Trinajstić information content (AvgIpc) is 2.17. The van der Waals surface area contributed by atoms with Crippen LogP contribution in [0.1, 0.15) is 5.56 Å². The summed E-state index contributed by atoms with van der Waals surface area (Å²) in [6, 6.07) is 3.24. The molecule has 0 atom stereocenters. The molecule has 82 valence electrons. The molecule has 6 heteroatoms. The van der Waals surface area contributed by atoms with Crippen molar-refractivity contribution < 1.29 is 18.0 Å². The van der Waals surface area contributed by atoms with E-state index in [2.05, 4.69) is 5.32 Å². The van der Waals surface area contributed by atoms with Crippen LogP contribution in [0.15, 0.2) is 23.1 Å². The molecule has 1 aromatic rings. The van der Waals surface area contributed by atoms with Crippen molar-refractivity contribution in [1.82, 2.24) is 0 Å². The molecule has 0 fully saturated rings. The highest BCUT2D eigenvalue weighted by atomic mass is 32.2. The number of alkyl halides is 3. The fraction of sp³-hybridized carbons (Fsp3) is 0.222. The first kappa shape index (κ1) is 11.9. The van der Waals surface area contributed by atoms with Crippen molar-refractivity contribution in [1.29, 1.82) is 0 Å². The van der Waals surface area contributed by atoms with Gasteiger partial charge in [0, 0.05) is 4.90 Å². The second-order valence-electron chi connectivity index (χ2n) is 2.68. The number of hydrogen-bond acceptors (Lipinski definition) is 2. The number of carbonyl (C=O) groups is 1. The van der Waals surface area contributed by atoms with Gasteiger partial charge in [-0.3, -0.25) is 4.79 Å². The van der Waals surface area contributed by atoms with E-state index in [-0.39, 0.29) is 5.69 Å². The van der Waals surface area contributed by atoms with Gasteiger partial charge in [0.25, 0.3) is 0 Å². The van der Waals surface area contributed by atoms with Crippen molar-refractivity contribution in [2.75, 3.05) is 11.6 Å². The highest BCUT2D eigenvalue weighted by molar-refractivity contribution is 7.98. The molecule has 2 nitrogen and oxygen atoms in total. The summed E-state index contributed by atoms with van der Waals surface area (Å²) < 4.78 is 37.0. The molecule has 0 heterocycles. The van der Waals surface area contributed by atoms with Crippen molar-refractivity contribution in [2.24, 2.45) is 0 Å². The Morgan fingerprint density at radius 2 is 2.07 bits per heavy atom. The van der Waals surface area contributed by atoms with E-state index in [9.17, 15) is 18.0 Å². The largest absolute Gasteiger partial charge is 0.416 e. The van der Waals surface area contributed by atoms with E-state index in [0.29, 0.717) is 11.3 Å². The van der Waals surface area contributed by atoms with Crippen LogP contribution in [0.25, 0.3) is 0 Å². The number of carbonyl (C=O) groups excluding carboxylic acids is 1. The van der Waals surface area contributed by atoms with Crippen LogP contribution in [-0.2, 0) is 11.0 Å². The Morgan fingerprint density at radius 3 is 2.53 bits per heavy atom. The van der Waals surface area contributed by atoms with Gasteiger partial charge in [-0.15, -0.1) is 11.8 Å². The summed E-state index contributed by atoms with van der Waals surface area (Å²) in [6.45, 7) is 0. The van der Waals surface area contributed by atoms with Crippen molar-refractivity contribution in [3.8, 4) is 0 Å². The molecule has 1 rings (SSSR count). The maximum Gasteiger partial charge on any atom is 0.416 e. The van der Waals surface area contributed by atoms with Gasteiger partial charge in [-0.25, -0.2) is 0 Å². The fourth-order valence-corrected chi connectivity index (χ4v) is 1.60. The van der Waals surface area contributed by atoms with Gasteiger partial charge in [0.05, 0.1) is 11.3 Å². The van der Waals surface area contributed by atoms with E-state index in [1.165, 1.54) is 17.8 Å². The lowest BCUT2D eigenvalue weighted by Gasteiger charge is -2.11. The topological polar surface area (TPSA) is 29.1 Å². The molecule has 0 aliphatic carbocycles. The SMILES string of the molecule is CSc1ccc(C(F)(F)F)cc1NC=O. The highest BCUT2D eigenvalue weighted by Gasteiger charge is 2.30. The van der Waals surface area contributed by atoms with Crippen LogP contribution < -0.4 is 5.32 Å². The molecule has 15 heavy (non-hydrogen) atoms. The molecule has 0 aliphatic heterocycles. The molecule has 1 amide bonds. The molecule has 0 saturated heterocycles. The first-order valence-electron chi connectivity index (χ1n) is 3.94. The zero-order valence-corrected chi connectivity index (χ0v) is 8.58. The third-order valence-corrected chi connectivity index (χ3v) is 2.54. The number of anilines is 1. The Balaban J connectivity index is 3.15. The van der Waals surface area contributed by atoms with Gasteiger partial charge < -0.3 is 5.32 Å². The van der Waals surface area contributed by atoms with Crippen LogP contribution in [0.5, 0.6) is 0 Å². The predicted octanol–water partition coefficient (Wildman–Crippen LogP) is 3.00. The van der Waals surface area contributed by atoms with E-state index < -0.39 is 11.7 Å². The lowest BCUT2D eigenvalue weighted by molar-refractivity contribution is -0.137. The molecule has 0 unspecified atom stereocenters. The zero-order chi connectivity index (χ0) is 11.5. The summed E-state index contributed by atoms with van der Waals surface area (Å²) in [5.41, 5.74) is -0.600. The van der Waals surface area contributed by atoms with Crippen LogP contribution in [0.3, 0.4) is 0 Å². The van der Waals surface area contributed by atoms with Gasteiger partial charge >= 0.3 is 6.18 Å². The zero-order valence-electron chi connectivity index (χ0n) is 7.76. The molecule has 1 aromatic carbocycles. The standard InChI is InChI=1S/C9H8F3NOS/c1-15-8-3-2-6(9(10,11)12)4-7(8)13-5-14/h2-5H,1H3,(H,13,14). The summed E-state index contributed by atoms with van der Waals surface area (Å²) in [6.07, 6.45) is -2.32. The van der Waals surface area contributed by atoms with Crippen LogP contribution >= 0.6 is 11.8 Å². The quantitative estimate of drug-likeness (QED) is 0.644. The van der Waals surface area contributed by atoms with Gasteiger partial charge in [0.2, 0.25) is 6.41 Å². The molecular weight excluding hydrogens is 227 g/mol. The number of halogens is 3. The smallest absolute Gasteiger partial charge is 0.328 e. The third-order valence-electron chi connectivity index (χ3n) is 1.74. The molecule has 0 aliphatic rings. The Bertz CT molecular complexity index is 365. The van der Waals surface area contributed by atoms with Gasteiger partial charge in [-0.2, -0.15) is 13.2 Å². The lowest BCUT2D eigenvalue weighted by atomic mass is 10.2. The normalized spacial score (nSPS) is 11.2. The van der Waals surface area contributed by atoms with Gasteiger partial charge in [0.1, 0.15) is 0 Å². The van der Waals surface area contributed by atoms with Crippen LogP contribution in [-0.4, -0.2) is 12.7 Å². The Hall–Kier alpha value is -1.17. The molecule has 0 saturated carbocycles. The van der Waals surface area contributed by atoms with Gasteiger partial charge in [-0.1, -0.05) is 0 Å². The minimum atomic E-state index is -4.39. The van der Waals surface area contributed by atoms with Crippen molar-refractivity contribution in [3.63, 3.8) is 0 Å².